The van der Waals surface area contributed by atoms with E-state index in [0.717, 1.165) is 0 Å². The van der Waals surface area contributed by atoms with Crippen LogP contribution in [0.15, 0.2) is 0 Å². The normalized spacial score (nSPS) is 12.1. The van der Waals surface area contributed by atoms with Crippen molar-refractivity contribution in [1.29, 1.82) is 0 Å². The second-order valence-corrected chi connectivity index (χ2v) is 5.53. The zero-order valence-corrected chi connectivity index (χ0v) is 13.1. The zero-order chi connectivity index (χ0) is 18.7. The van der Waals surface area contributed by atoms with Crippen LogP contribution in [0.3, 0.4) is 0 Å². The van der Waals surface area contributed by atoms with Gasteiger partial charge in [-0.25, -0.2) is 0 Å². The summed E-state index contributed by atoms with van der Waals surface area (Å²) in [5, 5.41) is 35.6. The summed E-state index contributed by atoms with van der Waals surface area (Å²) in [6.07, 6.45) is 2.08. The predicted molar refractivity (Wildman–Crippen MR) is 79.4 cm³/mol. The van der Waals surface area contributed by atoms with Crippen molar-refractivity contribution in [2.75, 3.05) is 0 Å². The number of rotatable bonds is 14. The maximum absolute atomic E-state index is 11.1. The van der Waals surface area contributed by atoms with Gasteiger partial charge < -0.3 is 25.2 Å². The summed E-state index contributed by atoms with van der Waals surface area (Å²) in [4.78, 5) is 54.1. The summed E-state index contributed by atoms with van der Waals surface area (Å²) in [5.74, 6) is -9.66. The Balaban J connectivity index is 4.67. The summed E-state index contributed by atoms with van der Waals surface area (Å²) >= 11 is 0. The van der Waals surface area contributed by atoms with Crippen LogP contribution in [0.1, 0.15) is 44.9 Å². The summed E-state index contributed by atoms with van der Waals surface area (Å²) in [5.41, 5.74) is 0. The number of hydrogen-bond acceptors (Lipinski definition) is 5. The van der Waals surface area contributed by atoms with E-state index < -0.39 is 41.6 Å². The first kappa shape index (κ1) is 21.6. The van der Waals surface area contributed by atoms with Gasteiger partial charge in [0.1, 0.15) is 6.29 Å². The van der Waals surface area contributed by atoms with Crippen LogP contribution in [0, 0.1) is 17.8 Å². The molecule has 0 saturated carbocycles. The third kappa shape index (κ3) is 7.70. The molecule has 0 bridgehead atoms. The van der Waals surface area contributed by atoms with Gasteiger partial charge in [-0.2, -0.15) is 0 Å². The van der Waals surface area contributed by atoms with E-state index in [2.05, 4.69) is 0 Å². The molecule has 0 aliphatic heterocycles. The number of aliphatic carboxylic acids is 4. The topological polar surface area (TPSA) is 166 Å². The molecule has 0 aromatic heterocycles. The van der Waals surface area contributed by atoms with E-state index in [4.69, 9.17) is 20.4 Å². The number of carboxylic acid groups (broad SMARTS) is 4. The molecule has 0 aliphatic rings. The SMILES string of the molecule is O=CCCCC(CCCCC(C(=O)O)C(=O)O)C(C(=O)O)C(=O)O. The lowest BCUT2D eigenvalue weighted by Gasteiger charge is -2.20. The lowest BCUT2D eigenvalue weighted by Crippen LogP contribution is -2.31. The minimum Gasteiger partial charge on any atom is -0.481 e. The molecule has 0 radical (unpaired) electrons. The Kier molecular flexibility index (Phi) is 10.0. The van der Waals surface area contributed by atoms with Crippen molar-refractivity contribution >= 4 is 30.2 Å². The van der Waals surface area contributed by atoms with Crippen LogP contribution in [0.2, 0.25) is 0 Å². The van der Waals surface area contributed by atoms with Crippen LogP contribution in [0.5, 0.6) is 0 Å². The predicted octanol–water partition coefficient (Wildman–Crippen LogP) is 1.10. The molecule has 136 valence electrons. The molecule has 4 N–H and O–H groups in total. The Morgan fingerprint density at radius 3 is 1.58 bits per heavy atom. The van der Waals surface area contributed by atoms with E-state index in [-0.39, 0.29) is 32.1 Å². The summed E-state index contributed by atoms with van der Waals surface area (Å²) in [6.45, 7) is 0. The van der Waals surface area contributed by atoms with E-state index in [1.54, 1.807) is 0 Å². The van der Waals surface area contributed by atoms with Crippen LogP contribution >= 0.6 is 0 Å². The number of carbonyl (C=O) groups is 5. The molecule has 24 heavy (non-hydrogen) atoms. The van der Waals surface area contributed by atoms with Gasteiger partial charge in [-0.05, 0) is 31.6 Å². The number of hydrogen-bond donors (Lipinski definition) is 4. The largest absolute Gasteiger partial charge is 0.481 e. The van der Waals surface area contributed by atoms with E-state index in [0.29, 0.717) is 19.1 Å². The van der Waals surface area contributed by atoms with Crippen molar-refractivity contribution in [1.82, 2.24) is 0 Å². The fourth-order valence-corrected chi connectivity index (χ4v) is 2.56. The van der Waals surface area contributed by atoms with Gasteiger partial charge in [0.15, 0.2) is 11.8 Å². The molecular weight excluding hydrogens is 324 g/mol. The van der Waals surface area contributed by atoms with E-state index in [1.807, 2.05) is 0 Å². The van der Waals surface area contributed by atoms with Gasteiger partial charge in [-0.1, -0.05) is 12.8 Å². The molecule has 0 spiro atoms. The molecule has 0 rings (SSSR count). The van der Waals surface area contributed by atoms with Gasteiger partial charge >= 0.3 is 23.9 Å². The third-order valence-corrected chi connectivity index (χ3v) is 3.81. The van der Waals surface area contributed by atoms with Crippen molar-refractivity contribution in [3.05, 3.63) is 0 Å². The Hall–Kier alpha value is -2.45. The molecule has 1 unspecified atom stereocenters. The molecule has 9 nitrogen and oxygen atoms in total. The molecule has 0 heterocycles. The van der Waals surface area contributed by atoms with Crippen LogP contribution in [-0.4, -0.2) is 50.6 Å². The fourth-order valence-electron chi connectivity index (χ4n) is 2.56. The summed E-state index contributed by atoms with van der Waals surface area (Å²) in [6, 6.07) is 0. The highest BCUT2D eigenvalue weighted by Crippen LogP contribution is 2.26. The standard InChI is InChI=1S/C15H22O9/c16-8-4-3-6-9(11(14(21)22)15(23)24)5-1-2-7-10(12(17)18)13(19)20/h8-11H,1-7H2,(H,17,18)(H,19,20)(H,21,22)(H,23,24). The number of carboxylic acids is 4. The maximum atomic E-state index is 11.1. The van der Waals surface area contributed by atoms with Crippen molar-refractivity contribution in [2.24, 2.45) is 17.8 Å². The fraction of sp³-hybridized carbons (Fsp3) is 0.667. The molecule has 0 saturated heterocycles. The highest BCUT2D eigenvalue weighted by Gasteiger charge is 2.34. The van der Waals surface area contributed by atoms with Gasteiger partial charge in [-0.3, -0.25) is 19.2 Å². The smallest absolute Gasteiger partial charge is 0.318 e. The Morgan fingerprint density at radius 1 is 0.708 bits per heavy atom. The maximum Gasteiger partial charge on any atom is 0.318 e. The van der Waals surface area contributed by atoms with Crippen molar-refractivity contribution in [3.8, 4) is 0 Å². The molecule has 1 atom stereocenters. The number of carbonyl (C=O) groups excluding carboxylic acids is 1. The van der Waals surface area contributed by atoms with E-state index in [9.17, 15) is 24.0 Å². The van der Waals surface area contributed by atoms with Gasteiger partial charge in [0.2, 0.25) is 0 Å². The Morgan fingerprint density at radius 2 is 1.17 bits per heavy atom. The Bertz CT molecular complexity index is 444. The third-order valence-electron chi connectivity index (χ3n) is 3.81. The highest BCUT2D eigenvalue weighted by atomic mass is 16.4. The van der Waals surface area contributed by atoms with Gasteiger partial charge in [0.05, 0.1) is 0 Å². The van der Waals surface area contributed by atoms with E-state index in [1.165, 1.54) is 0 Å². The number of aldehydes is 1. The second-order valence-electron chi connectivity index (χ2n) is 5.53. The second kappa shape index (κ2) is 11.1. The van der Waals surface area contributed by atoms with Gasteiger partial charge in [0, 0.05) is 6.42 Å². The van der Waals surface area contributed by atoms with Crippen LogP contribution in [0.4, 0.5) is 0 Å². The lowest BCUT2D eigenvalue weighted by molar-refractivity contribution is -0.158. The minimum atomic E-state index is -1.61. The lowest BCUT2D eigenvalue weighted by atomic mass is 9.83. The molecule has 0 amide bonds. The molecule has 0 fully saturated rings. The molecule has 9 heteroatoms. The molecule has 0 aromatic rings. The quantitative estimate of drug-likeness (QED) is 0.204. The summed E-state index contributed by atoms with van der Waals surface area (Å²) < 4.78 is 0. The monoisotopic (exact) mass is 346 g/mol. The van der Waals surface area contributed by atoms with Crippen LogP contribution in [0.25, 0.3) is 0 Å². The first-order valence-electron chi connectivity index (χ1n) is 7.57. The van der Waals surface area contributed by atoms with Crippen molar-refractivity contribution in [3.63, 3.8) is 0 Å². The Labute approximate surface area is 138 Å². The average molecular weight is 346 g/mol. The van der Waals surface area contributed by atoms with Crippen LogP contribution in [-0.2, 0) is 24.0 Å². The van der Waals surface area contributed by atoms with Crippen molar-refractivity contribution in [2.45, 2.75) is 44.9 Å². The average Bonchev–Trinajstić information content (AvgIpc) is 2.45. The first-order chi connectivity index (χ1) is 11.2. The van der Waals surface area contributed by atoms with Crippen molar-refractivity contribution < 1.29 is 44.4 Å². The van der Waals surface area contributed by atoms with E-state index >= 15 is 0 Å². The van der Waals surface area contributed by atoms with Gasteiger partial charge in [-0.15, -0.1) is 0 Å². The van der Waals surface area contributed by atoms with Gasteiger partial charge in [0.25, 0.3) is 0 Å². The summed E-state index contributed by atoms with van der Waals surface area (Å²) in [7, 11) is 0. The zero-order valence-electron chi connectivity index (χ0n) is 13.1. The molecule has 0 aromatic carbocycles. The number of unbranched alkanes of at least 4 members (excludes halogenated alkanes) is 2. The first-order valence-corrected chi connectivity index (χ1v) is 7.57. The minimum absolute atomic E-state index is 0.115. The molecular formula is C15H22O9. The molecule has 0 aliphatic carbocycles. The highest BCUT2D eigenvalue weighted by molar-refractivity contribution is 5.93. The van der Waals surface area contributed by atoms with Crippen LogP contribution < -0.4 is 0 Å².